The summed E-state index contributed by atoms with van der Waals surface area (Å²) in [7, 11) is 0. The van der Waals surface area contributed by atoms with E-state index in [-0.39, 0.29) is 6.04 Å². The van der Waals surface area contributed by atoms with Gasteiger partial charge in [-0.05, 0) is 54.8 Å². The molecule has 20 heavy (non-hydrogen) atoms. The molecule has 0 aromatic heterocycles. The number of nitrogens with one attached hydrogen (secondary N) is 1. The first kappa shape index (κ1) is 15.6. The van der Waals surface area contributed by atoms with E-state index in [0.29, 0.717) is 0 Å². The zero-order valence-electron chi connectivity index (χ0n) is 11.8. The van der Waals surface area contributed by atoms with E-state index >= 15 is 0 Å². The molecule has 0 saturated heterocycles. The first-order chi connectivity index (χ1) is 9.60. The molecule has 2 aromatic carbocycles. The largest absolute Gasteiger partial charge is 0.310 e. The minimum atomic E-state index is 0.238. The predicted molar refractivity (Wildman–Crippen MR) is 90.5 cm³/mol. The van der Waals surface area contributed by atoms with Crippen LogP contribution in [0, 0.1) is 6.92 Å². The fourth-order valence-electron chi connectivity index (χ4n) is 2.35. The lowest BCUT2D eigenvalue weighted by molar-refractivity contribution is 0.550. The van der Waals surface area contributed by atoms with E-state index in [1.165, 1.54) is 16.7 Å². The SMILES string of the molecule is CCNC(Cc1cccc(Br)c1)c1ccc(C)cc1Cl. The van der Waals surface area contributed by atoms with Crippen molar-refractivity contribution in [2.75, 3.05) is 6.54 Å². The number of benzene rings is 2. The zero-order chi connectivity index (χ0) is 14.5. The highest BCUT2D eigenvalue weighted by atomic mass is 79.9. The Morgan fingerprint density at radius 1 is 1.20 bits per heavy atom. The third-order valence-corrected chi connectivity index (χ3v) is 4.13. The van der Waals surface area contributed by atoms with E-state index in [0.717, 1.165) is 22.5 Å². The standard InChI is InChI=1S/C17H19BrClN/c1-3-20-17(11-13-5-4-6-14(18)10-13)15-8-7-12(2)9-16(15)19/h4-10,17,20H,3,11H2,1-2H3. The number of likely N-dealkylation sites (N-methyl/N-ethyl adjacent to an activating group) is 1. The molecule has 1 N–H and O–H groups in total. The molecular formula is C17H19BrClN. The molecule has 1 atom stereocenters. The molecule has 0 amide bonds. The van der Waals surface area contributed by atoms with Gasteiger partial charge >= 0.3 is 0 Å². The molecule has 0 heterocycles. The molecule has 0 aliphatic heterocycles. The van der Waals surface area contributed by atoms with Gasteiger partial charge in [-0.2, -0.15) is 0 Å². The summed E-state index contributed by atoms with van der Waals surface area (Å²) in [5, 5.41) is 4.37. The molecule has 3 heteroatoms. The average molecular weight is 353 g/mol. The number of hydrogen-bond donors (Lipinski definition) is 1. The second-order valence-electron chi connectivity index (χ2n) is 4.97. The van der Waals surface area contributed by atoms with Crippen LogP contribution in [-0.2, 0) is 6.42 Å². The van der Waals surface area contributed by atoms with Gasteiger partial charge in [-0.15, -0.1) is 0 Å². The number of hydrogen-bond acceptors (Lipinski definition) is 1. The van der Waals surface area contributed by atoms with Crippen molar-refractivity contribution in [1.82, 2.24) is 5.32 Å². The van der Waals surface area contributed by atoms with Gasteiger partial charge in [0.25, 0.3) is 0 Å². The third kappa shape index (κ3) is 4.08. The van der Waals surface area contributed by atoms with Crippen molar-refractivity contribution in [3.63, 3.8) is 0 Å². The van der Waals surface area contributed by atoms with Crippen LogP contribution in [-0.4, -0.2) is 6.54 Å². The van der Waals surface area contributed by atoms with Gasteiger partial charge in [0.15, 0.2) is 0 Å². The van der Waals surface area contributed by atoms with Crippen molar-refractivity contribution in [3.8, 4) is 0 Å². The molecule has 2 rings (SSSR count). The summed E-state index contributed by atoms with van der Waals surface area (Å²) < 4.78 is 1.11. The van der Waals surface area contributed by atoms with Gasteiger partial charge in [-0.1, -0.05) is 58.7 Å². The van der Waals surface area contributed by atoms with Crippen molar-refractivity contribution < 1.29 is 0 Å². The van der Waals surface area contributed by atoms with Crippen LogP contribution in [0.15, 0.2) is 46.9 Å². The molecule has 0 spiro atoms. The highest BCUT2D eigenvalue weighted by molar-refractivity contribution is 9.10. The smallest absolute Gasteiger partial charge is 0.0456 e. The Bertz CT molecular complexity index is 583. The maximum absolute atomic E-state index is 6.41. The summed E-state index contributed by atoms with van der Waals surface area (Å²) in [6.07, 6.45) is 0.927. The van der Waals surface area contributed by atoms with Gasteiger partial charge in [0.05, 0.1) is 0 Å². The molecule has 2 aromatic rings. The quantitative estimate of drug-likeness (QED) is 0.769. The summed E-state index contributed by atoms with van der Waals surface area (Å²) in [4.78, 5) is 0. The normalized spacial score (nSPS) is 12.4. The van der Waals surface area contributed by atoms with Crippen LogP contribution in [0.1, 0.15) is 29.7 Å². The highest BCUT2D eigenvalue weighted by Crippen LogP contribution is 2.27. The van der Waals surface area contributed by atoms with Crippen LogP contribution in [0.25, 0.3) is 0 Å². The summed E-state index contributed by atoms with van der Waals surface area (Å²) in [6.45, 7) is 5.10. The summed E-state index contributed by atoms with van der Waals surface area (Å²) >= 11 is 9.93. The lowest BCUT2D eigenvalue weighted by Crippen LogP contribution is -2.23. The van der Waals surface area contributed by atoms with E-state index in [4.69, 9.17) is 11.6 Å². The molecule has 106 valence electrons. The molecule has 0 bridgehead atoms. The van der Waals surface area contributed by atoms with Crippen molar-refractivity contribution in [3.05, 3.63) is 68.7 Å². The summed E-state index contributed by atoms with van der Waals surface area (Å²) in [6, 6.07) is 14.9. The first-order valence-electron chi connectivity index (χ1n) is 6.84. The maximum atomic E-state index is 6.41. The summed E-state index contributed by atoms with van der Waals surface area (Å²) in [5.74, 6) is 0. The summed E-state index contributed by atoms with van der Waals surface area (Å²) in [5.41, 5.74) is 3.65. The number of halogens is 2. The first-order valence-corrected chi connectivity index (χ1v) is 8.01. The number of rotatable bonds is 5. The molecule has 0 aliphatic carbocycles. The lowest BCUT2D eigenvalue weighted by atomic mass is 9.98. The maximum Gasteiger partial charge on any atom is 0.0456 e. The van der Waals surface area contributed by atoms with E-state index in [2.05, 4.69) is 65.4 Å². The zero-order valence-corrected chi connectivity index (χ0v) is 14.1. The molecule has 1 nitrogen and oxygen atoms in total. The van der Waals surface area contributed by atoms with Crippen molar-refractivity contribution in [2.24, 2.45) is 0 Å². The van der Waals surface area contributed by atoms with Crippen molar-refractivity contribution >= 4 is 27.5 Å². The Balaban J connectivity index is 2.26. The Morgan fingerprint density at radius 2 is 2.00 bits per heavy atom. The van der Waals surface area contributed by atoms with E-state index in [1.807, 2.05) is 12.1 Å². The van der Waals surface area contributed by atoms with Gasteiger partial charge in [0.1, 0.15) is 0 Å². The van der Waals surface area contributed by atoms with Crippen LogP contribution in [0.5, 0.6) is 0 Å². The minimum absolute atomic E-state index is 0.238. The molecule has 0 fully saturated rings. The van der Waals surface area contributed by atoms with Gasteiger partial charge in [-0.3, -0.25) is 0 Å². The minimum Gasteiger partial charge on any atom is -0.310 e. The van der Waals surface area contributed by atoms with Gasteiger partial charge < -0.3 is 5.32 Å². The van der Waals surface area contributed by atoms with Gasteiger partial charge in [0.2, 0.25) is 0 Å². The van der Waals surface area contributed by atoms with Crippen LogP contribution in [0.2, 0.25) is 5.02 Å². The lowest BCUT2D eigenvalue weighted by Gasteiger charge is -2.20. The Morgan fingerprint density at radius 3 is 2.65 bits per heavy atom. The fraction of sp³-hybridized carbons (Fsp3) is 0.294. The average Bonchev–Trinajstić information content (AvgIpc) is 2.38. The molecule has 0 radical (unpaired) electrons. The van der Waals surface area contributed by atoms with Crippen molar-refractivity contribution in [2.45, 2.75) is 26.3 Å². The number of aryl methyl sites for hydroxylation is 1. The topological polar surface area (TPSA) is 12.0 Å². The van der Waals surface area contributed by atoms with E-state index in [1.54, 1.807) is 0 Å². The van der Waals surface area contributed by atoms with Gasteiger partial charge in [0, 0.05) is 15.5 Å². The van der Waals surface area contributed by atoms with Crippen LogP contribution in [0.3, 0.4) is 0 Å². The molecule has 0 aliphatic rings. The van der Waals surface area contributed by atoms with Gasteiger partial charge in [-0.25, -0.2) is 0 Å². The highest BCUT2D eigenvalue weighted by Gasteiger charge is 2.14. The monoisotopic (exact) mass is 351 g/mol. The fourth-order valence-corrected chi connectivity index (χ4v) is 3.17. The van der Waals surface area contributed by atoms with Crippen LogP contribution < -0.4 is 5.32 Å². The predicted octanol–water partition coefficient (Wildman–Crippen LogP) is 5.30. The molecular weight excluding hydrogens is 334 g/mol. The Hall–Kier alpha value is -0.830. The molecule has 1 unspecified atom stereocenters. The second-order valence-corrected chi connectivity index (χ2v) is 6.29. The van der Waals surface area contributed by atoms with Crippen LogP contribution in [0.4, 0.5) is 0 Å². The van der Waals surface area contributed by atoms with E-state index < -0.39 is 0 Å². The Kier molecular flexibility index (Phi) is 5.64. The Labute approximate surface area is 134 Å². The second kappa shape index (κ2) is 7.26. The van der Waals surface area contributed by atoms with E-state index in [9.17, 15) is 0 Å². The molecule has 0 saturated carbocycles. The van der Waals surface area contributed by atoms with Crippen LogP contribution >= 0.6 is 27.5 Å². The van der Waals surface area contributed by atoms with Crippen molar-refractivity contribution in [1.29, 1.82) is 0 Å². The third-order valence-electron chi connectivity index (χ3n) is 3.31.